The number of para-hydroxylation sites is 2. The second-order valence-corrected chi connectivity index (χ2v) is 8.98. The summed E-state index contributed by atoms with van der Waals surface area (Å²) in [6, 6.07) is 20.8. The number of rotatable bonds is 8. The van der Waals surface area contributed by atoms with Gasteiger partial charge in [-0.3, -0.25) is 4.31 Å². The number of ether oxygens (including phenoxy) is 3. The normalized spacial score (nSPS) is 12.8. The van der Waals surface area contributed by atoms with Crippen molar-refractivity contribution in [3.8, 4) is 11.5 Å². The third-order valence-electron chi connectivity index (χ3n) is 5.15. The van der Waals surface area contributed by atoms with E-state index in [4.69, 9.17) is 14.2 Å². The van der Waals surface area contributed by atoms with E-state index in [1.54, 1.807) is 24.3 Å². The largest absolute Gasteiger partial charge is 0.496 e. The van der Waals surface area contributed by atoms with Crippen molar-refractivity contribution in [2.75, 3.05) is 31.2 Å². The molecule has 0 saturated carbocycles. The number of methoxy groups -OCH3 is 1. The van der Waals surface area contributed by atoms with Crippen molar-refractivity contribution in [1.29, 1.82) is 0 Å². The SMILES string of the molecule is COc1ccc(S(=O)(=O)N2CCc3ccccc32)cc1C(=O)OCCOc1ccccc1. The van der Waals surface area contributed by atoms with Gasteiger partial charge < -0.3 is 14.2 Å². The Morgan fingerprint density at radius 2 is 1.72 bits per heavy atom. The minimum absolute atomic E-state index is 0.00230. The van der Waals surface area contributed by atoms with Crippen LogP contribution in [0.4, 0.5) is 5.69 Å². The smallest absolute Gasteiger partial charge is 0.342 e. The van der Waals surface area contributed by atoms with Crippen molar-refractivity contribution in [3.05, 3.63) is 83.9 Å². The van der Waals surface area contributed by atoms with E-state index in [0.717, 1.165) is 5.56 Å². The molecule has 1 heterocycles. The maximum atomic E-state index is 13.3. The molecule has 0 atom stereocenters. The van der Waals surface area contributed by atoms with Crippen LogP contribution in [-0.4, -0.2) is 41.3 Å². The van der Waals surface area contributed by atoms with Crippen LogP contribution in [-0.2, 0) is 21.2 Å². The molecule has 0 amide bonds. The lowest BCUT2D eigenvalue weighted by Gasteiger charge is -2.20. The molecule has 0 saturated heterocycles. The number of sulfonamides is 1. The van der Waals surface area contributed by atoms with Gasteiger partial charge in [-0.2, -0.15) is 0 Å². The predicted octanol–water partition coefficient (Wildman–Crippen LogP) is 3.68. The Morgan fingerprint density at radius 1 is 0.969 bits per heavy atom. The zero-order valence-corrected chi connectivity index (χ0v) is 18.4. The number of hydrogen-bond donors (Lipinski definition) is 0. The second kappa shape index (κ2) is 9.32. The molecule has 7 nitrogen and oxygen atoms in total. The Hall–Kier alpha value is -3.52. The average Bonchev–Trinajstić information content (AvgIpc) is 3.27. The quantitative estimate of drug-likeness (QED) is 0.382. The highest BCUT2D eigenvalue weighted by Crippen LogP contribution is 2.34. The Morgan fingerprint density at radius 3 is 2.50 bits per heavy atom. The highest BCUT2D eigenvalue weighted by atomic mass is 32.2. The molecule has 0 bridgehead atoms. The van der Waals surface area contributed by atoms with Crippen molar-refractivity contribution in [2.45, 2.75) is 11.3 Å². The van der Waals surface area contributed by atoms with Crippen LogP contribution in [0.2, 0.25) is 0 Å². The van der Waals surface area contributed by atoms with Crippen LogP contribution < -0.4 is 13.8 Å². The van der Waals surface area contributed by atoms with Crippen molar-refractivity contribution in [1.82, 2.24) is 0 Å². The number of carbonyl (C=O) groups is 1. The summed E-state index contributed by atoms with van der Waals surface area (Å²) in [5.41, 5.74) is 1.67. The van der Waals surface area contributed by atoms with E-state index in [1.807, 2.05) is 30.3 Å². The molecule has 0 aromatic heterocycles. The molecule has 166 valence electrons. The minimum atomic E-state index is -3.85. The van der Waals surface area contributed by atoms with Crippen LogP contribution in [0.15, 0.2) is 77.7 Å². The van der Waals surface area contributed by atoms with E-state index in [9.17, 15) is 13.2 Å². The number of esters is 1. The molecule has 0 aliphatic carbocycles. The van der Waals surface area contributed by atoms with Gasteiger partial charge in [0.2, 0.25) is 0 Å². The number of fused-ring (bicyclic) bond motifs is 1. The van der Waals surface area contributed by atoms with Crippen molar-refractivity contribution in [2.24, 2.45) is 0 Å². The lowest BCUT2D eigenvalue weighted by Crippen LogP contribution is -2.29. The molecular weight excluding hydrogens is 430 g/mol. The van der Waals surface area contributed by atoms with E-state index in [2.05, 4.69) is 0 Å². The van der Waals surface area contributed by atoms with Crippen LogP contribution in [0.25, 0.3) is 0 Å². The van der Waals surface area contributed by atoms with Crippen molar-refractivity contribution in [3.63, 3.8) is 0 Å². The number of anilines is 1. The molecule has 0 fully saturated rings. The molecule has 1 aliphatic rings. The van der Waals surface area contributed by atoms with E-state index in [-0.39, 0.29) is 29.4 Å². The Kier molecular flexibility index (Phi) is 6.32. The first-order valence-corrected chi connectivity index (χ1v) is 11.6. The van der Waals surface area contributed by atoms with E-state index in [1.165, 1.54) is 29.6 Å². The molecule has 3 aromatic rings. The summed E-state index contributed by atoms with van der Waals surface area (Å²) in [5.74, 6) is 0.220. The zero-order chi connectivity index (χ0) is 22.6. The fourth-order valence-electron chi connectivity index (χ4n) is 3.58. The standard InChI is InChI=1S/C24H23NO6S/c1-29-23-12-11-20(32(27,28)25-14-13-18-7-5-6-10-22(18)25)17-21(23)24(26)31-16-15-30-19-8-3-2-4-9-19/h2-12,17H,13-16H2,1H3. The van der Waals surface area contributed by atoms with Gasteiger partial charge in [0.1, 0.15) is 30.3 Å². The molecule has 0 radical (unpaired) electrons. The summed E-state index contributed by atoms with van der Waals surface area (Å²) in [6.45, 7) is 0.526. The number of hydrogen-bond acceptors (Lipinski definition) is 6. The molecule has 0 unspecified atom stereocenters. The second-order valence-electron chi connectivity index (χ2n) is 7.12. The molecule has 4 rings (SSSR count). The Labute approximate surface area is 187 Å². The van der Waals surface area contributed by atoms with Gasteiger partial charge in [-0.15, -0.1) is 0 Å². The average molecular weight is 454 g/mol. The Balaban J connectivity index is 1.50. The highest BCUT2D eigenvalue weighted by Gasteiger charge is 2.31. The van der Waals surface area contributed by atoms with Crippen molar-refractivity contribution >= 4 is 21.7 Å². The van der Waals surface area contributed by atoms with Gasteiger partial charge in [-0.25, -0.2) is 13.2 Å². The lowest BCUT2D eigenvalue weighted by molar-refractivity contribution is 0.0446. The summed E-state index contributed by atoms with van der Waals surface area (Å²) < 4.78 is 44.0. The van der Waals surface area contributed by atoms with Gasteiger partial charge in [-0.05, 0) is 48.4 Å². The Bertz CT molecular complexity index is 1210. The van der Waals surface area contributed by atoms with Crippen LogP contribution in [0.5, 0.6) is 11.5 Å². The maximum absolute atomic E-state index is 13.3. The van der Waals surface area contributed by atoms with E-state index in [0.29, 0.717) is 24.4 Å². The van der Waals surface area contributed by atoms with Crippen LogP contribution in [0.1, 0.15) is 15.9 Å². The fourth-order valence-corrected chi connectivity index (χ4v) is 5.11. The molecule has 3 aromatic carbocycles. The summed E-state index contributed by atoms with van der Waals surface area (Å²) in [6.07, 6.45) is 0.641. The van der Waals surface area contributed by atoms with Crippen LogP contribution >= 0.6 is 0 Å². The highest BCUT2D eigenvalue weighted by molar-refractivity contribution is 7.92. The first-order valence-electron chi connectivity index (χ1n) is 10.1. The summed E-state index contributed by atoms with van der Waals surface area (Å²) in [5, 5.41) is 0. The van der Waals surface area contributed by atoms with Gasteiger partial charge in [0.25, 0.3) is 10.0 Å². The maximum Gasteiger partial charge on any atom is 0.342 e. The molecule has 0 spiro atoms. The monoisotopic (exact) mass is 453 g/mol. The lowest BCUT2D eigenvalue weighted by atomic mass is 10.2. The summed E-state index contributed by atoms with van der Waals surface area (Å²) in [7, 11) is -2.44. The summed E-state index contributed by atoms with van der Waals surface area (Å²) in [4.78, 5) is 12.7. The minimum Gasteiger partial charge on any atom is -0.496 e. The van der Waals surface area contributed by atoms with Gasteiger partial charge >= 0.3 is 5.97 Å². The fraction of sp³-hybridized carbons (Fsp3) is 0.208. The molecular formula is C24H23NO6S. The van der Waals surface area contributed by atoms with Crippen molar-refractivity contribution < 1.29 is 27.4 Å². The van der Waals surface area contributed by atoms with E-state index < -0.39 is 16.0 Å². The van der Waals surface area contributed by atoms with Gasteiger partial charge in [-0.1, -0.05) is 36.4 Å². The summed E-state index contributed by atoms with van der Waals surface area (Å²) >= 11 is 0. The van der Waals surface area contributed by atoms with Gasteiger partial charge in [0.05, 0.1) is 17.7 Å². The van der Waals surface area contributed by atoms with E-state index >= 15 is 0 Å². The third-order valence-corrected chi connectivity index (χ3v) is 6.96. The van der Waals surface area contributed by atoms with Gasteiger partial charge in [0, 0.05) is 6.54 Å². The predicted molar refractivity (Wildman–Crippen MR) is 120 cm³/mol. The van der Waals surface area contributed by atoms with Crippen LogP contribution in [0, 0.1) is 0 Å². The third kappa shape index (κ3) is 4.40. The molecule has 0 N–H and O–H groups in total. The topological polar surface area (TPSA) is 82.1 Å². The van der Waals surface area contributed by atoms with Crippen LogP contribution in [0.3, 0.4) is 0 Å². The number of carbonyl (C=O) groups excluding carboxylic acids is 1. The van der Waals surface area contributed by atoms with Gasteiger partial charge in [0.15, 0.2) is 0 Å². The molecule has 1 aliphatic heterocycles. The first-order chi connectivity index (χ1) is 15.5. The molecule has 8 heteroatoms. The molecule has 32 heavy (non-hydrogen) atoms. The first kappa shape index (κ1) is 21.7. The number of benzene rings is 3. The zero-order valence-electron chi connectivity index (χ0n) is 17.6. The number of nitrogens with zero attached hydrogens (tertiary/aromatic N) is 1.